The van der Waals surface area contributed by atoms with E-state index in [0.29, 0.717) is 24.9 Å². The Morgan fingerprint density at radius 1 is 1.47 bits per heavy atom. The van der Waals surface area contributed by atoms with Crippen LogP contribution in [0.1, 0.15) is 34.6 Å². The van der Waals surface area contributed by atoms with E-state index in [-0.39, 0.29) is 11.6 Å². The van der Waals surface area contributed by atoms with Gasteiger partial charge in [-0.3, -0.25) is 9.84 Å². The normalized spacial score (nSPS) is 12.1. The number of nitrogens with two attached hydrogens (primary N) is 1. The van der Waals surface area contributed by atoms with Crippen molar-refractivity contribution in [3.05, 3.63) is 0 Å². The molecular weight excluding hydrogens is 220 g/mol. The predicted molar refractivity (Wildman–Crippen MR) is 65.7 cm³/mol. The molecule has 0 fully saturated rings. The van der Waals surface area contributed by atoms with Gasteiger partial charge in [-0.05, 0) is 34.6 Å². The van der Waals surface area contributed by atoms with Crippen molar-refractivity contribution in [2.75, 3.05) is 24.2 Å². The minimum absolute atomic E-state index is 0.178. The summed E-state index contributed by atoms with van der Waals surface area (Å²) in [4.78, 5) is 0. The van der Waals surface area contributed by atoms with Crippen molar-refractivity contribution in [3.8, 4) is 0 Å². The summed E-state index contributed by atoms with van der Waals surface area (Å²) in [5.74, 6) is 0.995. The molecule has 0 amide bonds. The lowest BCUT2D eigenvalue weighted by molar-refractivity contribution is -0.801. The fraction of sp³-hybridized carbons (Fsp3) is 0.818. The highest BCUT2D eigenvalue weighted by atomic mass is 16.5. The van der Waals surface area contributed by atoms with E-state index in [1.165, 1.54) is 0 Å². The van der Waals surface area contributed by atoms with Gasteiger partial charge in [0.05, 0.1) is 12.7 Å². The van der Waals surface area contributed by atoms with Crippen molar-refractivity contribution in [3.63, 3.8) is 0 Å². The van der Waals surface area contributed by atoms with Gasteiger partial charge >= 0.3 is 11.7 Å². The van der Waals surface area contributed by atoms with E-state index in [1.54, 1.807) is 4.68 Å². The first kappa shape index (κ1) is 13.8. The second kappa shape index (κ2) is 5.35. The molecule has 3 N–H and O–H groups in total. The second-order valence-electron chi connectivity index (χ2n) is 5.21. The number of hydrogen-bond donors (Lipinski definition) is 2. The molecule has 0 unspecified atom stereocenters. The number of hydrogen-bond acceptors (Lipinski definition) is 5. The van der Waals surface area contributed by atoms with E-state index in [4.69, 9.17) is 15.0 Å². The summed E-state index contributed by atoms with van der Waals surface area (Å²) in [7, 11) is 0. The van der Waals surface area contributed by atoms with Gasteiger partial charge in [0.2, 0.25) is 0 Å². The number of nitrogens with zero attached hydrogens (tertiary/aromatic N) is 2. The average Bonchev–Trinajstić information content (AvgIpc) is 2.54. The summed E-state index contributed by atoms with van der Waals surface area (Å²) in [6, 6.07) is 0. The van der Waals surface area contributed by atoms with Crippen molar-refractivity contribution < 1.29 is 13.9 Å². The molecule has 17 heavy (non-hydrogen) atoms. The summed E-state index contributed by atoms with van der Waals surface area (Å²) in [6.45, 7) is 11.4. The van der Waals surface area contributed by atoms with Crippen LogP contribution in [0.15, 0.2) is 4.52 Å². The van der Waals surface area contributed by atoms with Gasteiger partial charge in [0.25, 0.3) is 0 Å². The van der Waals surface area contributed by atoms with Gasteiger partial charge in [-0.2, -0.15) is 0 Å². The highest BCUT2D eigenvalue weighted by Crippen LogP contribution is 2.16. The first-order valence-electron chi connectivity index (χ1n) is 5.86. The Morgan fingerprint density at radius 2 is 2.12 bits per heavy atom. The molecular formula is C11H23N4O2+. The third-order valence-electron chi connectivity index (χ3n) is 2.15. The molecule has 0 atom stereocenters. The number of rotatable bonds is 5. The molecule has 0 aromatic carbocycles. The lowest BCUT2D eigenvalue weighted by atomic mass is 10.1. The van der Waals surface area contributed by atoms with Gasteiger partial charge in [-0.1, -0.05) is 4.68 Å². The lowest BCUT2D eigenvalue weighted by Crippen LogP contribution is -2.53. The van der Waals surface area contributed by atoms with Crippen molar-refractivity contribution in [1.82, 2.24) is 5.27 Å². The van der Waals surface area contributed by atoms with Crippen LogP contribution < -0.4 is 15.7 Å². The summed E-state index contributed by atoms with van der Waals surface area (Å²) in [5.41, 5.74) is 5.55. The van der Waals surface area contributed by atoms with Crippen LogP contribution in [-0.4, -0.2) is 24.5 Å². The van der Waals surface area contributed by atoms with Gasteiger partial charge < -0.3 is 10.5 Å². The Hall–Kier alpha value is -1.30. The highest BCUT2D eigenvalue weighted by Gasteiger charge is 2.30. The second-order valence-corrected chi connectivity index (χ2v) is 5.21. The van der Waals surface area contributed by atoms with Crippen molar-refractivity contribution in [2.45, 2.75) is 46.3 Å². The van der Waals surface area contributed by atoms with Crippen LogP contribution >= 0.6 is 0 Å². The van der Waals surface area contributed by atoms with E-state index in [9.17, 15) is 0 Å². The van der Waals surface area contributed by atoms with E-state index >= 15 is 0 Å². The molecule has 98 valence electrons. The van der Waals surface area contributed by atoms with Crippen LogP contribution in [0.2, 0.25) is 0 Å². The molecule has 0 bridgehead atoms. The maximum Gasteiger partial charge on any atom is 0.362 e. The van der Waals surface area contributed by atoms with Crippen LogP contribution in [0.5, 0.6) is 0 Å². The standard InChI is InChI=1S/C11H22N4O2/c1-8(2)16-7-6-13-10-9(12)17-14-15(10)11(3,4)5/h8,12,14H,6-7H2,1-5H3/p+1. The van der Waals surface area contributed by atoms with Gasteiger partial charge in [0.1, 0.15) is 17.4 Å². The molecule has 1 rings (SSSR count). The maximum absolute atomic E-state index is 5.73. The van der Waals surface area contributed by atoms with Crippen molar-refractivity contribution in [1.29, 1.82) is 0 Å². The molecule has 0 aliphatic carbocycles. The quantitative estimate of drug-likeness (QED) is 0.599. The third-order valence-corrected chi connectivity index (χ3v) is 2.15. The molecule has 0 spiro atoms. The van der Waals surface area contributed by atoms with Crippen LogP contribution in [0.4, 0.5) is 11.7 Å². The lowest BCUT2D eigenvalue weighted by Gasteiger charge is -2.13. The molecule has 0 aliphatic heterocycles. The van der Waals surface area contributed by atoms with Crippen LogP contribution in [0.3, 0.4) is 0 Å². The zero-order valence-electron chi connectivity index (χ0n) is 11.3. The molecule has 0 aliphatic rings. The molecule has 0 saturated carbocycles. The molecule has 6 nitrogen and oxygen atoms in total. The van der Waals surface area contributed by atoms with Gasteiger partial charge in [-0.15, -0.1) is 0 Å². The fourth-order valence-electron chi connectivity index (χ4n) is 1.36. The topological polar surface area (TPSA) is 77.2 Å². The Bertz CT molecular complexity index is 355. The molecule has 1 aromatic rings. The first-order valence-corrected chi connectivity index (χ1v) is 5.86. The van der Waals surface area contributed by atoms with Crippen LogP contribution in [0, 0.1) is 0 Å². The Labute approximate surface area is 102 Å². The minimum atomic E-state index is -0.178. The third kappa shape index (κ3) is 3.89. The Balaban J connectivity index is 2.61. The molecule has 1 aromatic heterocycles. The van der Waals surface area contributed by atoms with Crippen molar-refractivity contribution >= 4 is 11.7 Å². The highest BCUT2D eigenvalue weighted by molar-refractivity contribution is 5.48. The largest absolute Gasteiger partial charge is 0.375 e. The smallest absolute Gasteiger partial charge is 0.362 e. The average molecular weight is 243 g/mol. The van der Waals surface area contributed by atoms with E-state index in [2.05, 4.69) is 10.6 Å². The number of ether oxygens (including phenoxy) is 1. The molecule has 6 heteroatoms. The van der Waals surface area contributed by atoms with Gasteiger partial charge in [-0.25, -0.2) is 0 Å². The predicted octanol–water partition coefficient (Wildman–Crippen LogP) is 1.14. The van der Waals surface area contributed by atoms with Crippen LogP contribution in [-0.2, 0) is 10.3 Å². The summed E-state index contributed by atoms with van der Waals surface area (Å²) < 4.78 is 12.2. The summed E-state index contributed by atoms with van der Waals surface area (Å²) in [5, 5.41) is 7.09. The molecule has 0 radical (unpaired) electrons. The van der Waals surface area contributed by atoms with E-state index in [0.717, 1.165) is 0 Å². The van der Waals surface area contributed by atoms with E-state index in [1.807, 2.05) is 34.6 Å². The van der Waals surface area contributed by atoms with Gasteiger partial charge in [0, 0.05) is 0 Å². The van der Waals surface area contributed by atoms with Crippen molar-refractivity contribution in [2.24, 2.45) is 0 Å². The SMILES string of the molecule is CC(C)OCCNc1c(N)on[n+]1C(C)(C)C. The number of anilines is 2. The minimum Gasteiger partial charge on any atom is -0.375 e. The first-order chi connectivity index (χ1) is 7.82. The van der Waals surface area contributed by atoms with E-state index < -0.39 is 0 Å². The Morgan fingerprint density at radius 3 is 2.65 bits per heavy atom. The monoisotopic (exact) mass is 243 g/mol. The number of aromatic nitrogens is 2. The summed E-state index contributed by atoms with van der Waals surface area (Å²) >= 11 is 0. The number of nitrogen functional groups attached to an aromatic ring is 1. The Kier molecular flexibility index (Phi) is 4.34. The fourth-order valence-corrected chi connectivity index (χ4v) is 1.36. The van der Waals surface area contributed by atoms with Crippen LogP contribution in [0.25, 0.3) is 0 Å². The maximum atomic E-state index is 5.73. The van der Waals surface area contributed by atoms with Gasteiger partial charge in [0.15, 0.2) is 0 Å². The molecule has 0 saturated heterocycles. The zero-order valence-corrected chi connectivity index (χ0v) is 11.3. The zero-order chi connectivity index (χ0) is 13.1. The summed E-state index contributed by atoms with van der Waals surface area (Å²) in [6.07, 6.45) is 0.228. The number of nitrogens with one attached hydrogen (secondary N) is 1. The molecule has 1 heterocycles.